The Labute approximate surface area is 191 Å². The fraction of sp³-hybridized carbons (Fsp3) is 0.0800. The highest BCUT2D eigenvalue weighted by molar-refractivity contribution is 7.92. The summed E-state index contributed by atoms with van der Waals surface area (Å²) in [6.07, 6.45) is -0.144. The van der Waals surface area contributed by atoms with Gasteiger partial charge in [-0.05, 0) is 64.7 Å². The molecule has 0 unspecified atom stereocenters. The molecule has 4 aromatic carbocycles. The van der Waals surface area contributed by atoms with E-state index in [9.17, 15) is 18.3 Å². The van der Waals surface area contributed by atoms with E-state index in [1.165, 1.54) is 12.1 Å². The van der Waals surface area contributed by atoms with Crippen LogP contribution in [0, 0.1) is 6.92 Å². The molecule has 0 radical (unpaired) electrons. The van der Waals surface area contributed by atoms with E-state index in [2.05, 4.69) is 4.72 Å². The number of hydrogen-bond acceptors (Lipinski definition) is 3. The normalized spacial score (nSPS) is 11.4. The minimum Gasteiger partial charge on any atom is -0.481 e. The number of carboxylic acids is 1. The average molecular weight is 466 g/mol. The second-order valence-electron chi connectivity index (χ2n) is 7.44. The van der Waals surface area contributed by atoms with E-state index in [4.69, 9.17) is 11.6 Å². The summed E-state index contributed by atoms with van der Waals surface area (Å²) in [6.45, 7) is 1.84. The van der Waals surface area contributed by atoms with Crippen LogP contribution in [0.15, 0.2) is 83.8 Å². The van der Waals surface area contributed by atoms with Crippen LogP contribution in [0.2, 0.25) is 5.02 Å². The number of anilines is 1. The number of sulfonamides is 1. The molecule has 0 saturated carbocycles. The number of carbonyl (C=O) groups is 1. The first-order chi connectivity index (χ1) is 15.3. The molecule has 0 aliphatic heterocycles. The monoisotopic (exact) mass is 465 g/mol. The molecule has 7 heteroatoms. The number of benzene rings is 4. The van der Waals surface area contributed by atoms with Crippen LogP contribution in [0.3, 0.4) is 0 Å². The van der Waals surface area contributed by atoms with E-state index < -0.39 is 16.0 Å². The van der Waals surface area contributed by atoms with Crippen molar-refractivity contribution in [1.29, 1.82) is 0 Å². The van der Waals surface area contributed by atoms with Gasteiger partial charge in [-0.1, -0.05) is 60.1 Å². The molecule has 2 N–H and O–H groups in total. The van der Waals surface area contributed by atoms with Gasteiger partial charge in [0.25, 0.3) is 10.0 Å². The van der Waals surface area contributed by atoms with Crippen LogP contribution in [0.4, 0.5) is 5.69 Å². The van der Waals surface area contributed by atoms with Crippen LogP contribution in [-0.2, 0) is 21.2 Å². The van der Waals surface area contributed by atoms with Gasteiger partial charge in [-0.15, -0.1) is 0 Å². The van der Waals surface area contributed by atoms with E-state index in [-0.39, 0.29) is 11.3 Å². The number of halogens is 1. The van der Waals surface area contributed by atoms with Crippen molar-refractivity contribution in [3.05, 3.63) is 95.0 Å². The van der Waals surface area contributed by atoms with E-state index in [1.807, 2.05) is 37.3 Å². The van der Waals surface area contributed by atoms with Gasteiger partial charge in [0.15, 0.2) is 0 Å². The summed E-state index contributed by atoms with van der Waals surface area (Å²) in [7, 11) is -3.82. The van der Waals surface area contributed by atoms with Gasteiger partial charge < -0.3 is 5.11 Å². The van der Waals surface area contributed by atoms with Crippen molar-refractivity contribution < 1.29 is 18.3 Å². The Bertz CT molecular complexity index is 1430. The average Bonchev–Trinajstić information content (AvgIpc) is 2.76. The second kappa shape index (κ2) is 8.65. The third-order valence-electron chi connectivity index (χ3n) is 5.31. The molecule has 0 aromatic heterocycles. The standard InChI is InChI=1S/C25H20ClNO4S/c1-16-18(14-24(28)29)13-17-11-12-19(26)15-22(17)25(16)21-9-5-6-10-23(21)27-32(30,31)20-7-3-2-4-8-20/h2-13,15,27H,14H2,1H3,(H,28,29). The molecule has 5 nitrogen and oxygen atoms in total. The molecule has 162 valence electrons. The van der Waals surface area contributed by atoms with Crippen molar-refractivity contribution in [2.45, 2.75) is 18.2 Å². The maximum Gasteiger partial charge on any atom is 0.307 e. The Morgan fingerprint density at radius 2 is 1.66 bits per heavy atom. The minimum atomic E-state index is -3.82. The summed E-state index contributed by atoms with van der Waals surface area (Å²) in [5, 5.41) is 11.6. The van der Waals surface area contributed by atoms with Gasteiger partial charge in [0.05, 0.1) is 17.0 Å². The Morgan fingerprint density at radius 3 is 2.38 bits per heavy atom. The lowest BCUT2D eigenvalue weighted by molar-refractivity contribution is -0.136. The summed E-state index contributed by atoms with van der Waals surface area (Å²) < 4.78 is 28.7. The smallest absolute Gasteiger partial charge is 0.307 e. The van der Waals surface area contributed by atoms with Gasteiger partial charge in [0, 0.05) is 10.6 Å². The zero-order valence-electron chi connectivity index (χ0n) is 17.2. The molecule has 0 fully saturated rings. The quantitative estimate of drug-likeness (QED) is 0.371. The fourth-order valence-electron chi connectivity index (χ4n) is 3.82. The van der Waals surface area contributed by atoms with Crippen molar-refractivity contribution in [3.63, 3.8) is 0 Å². The lowest BCUT2D eigenvalue weighted by atomic mass is 9.89. The first-order valence-corrected chi connectivity index (χ1v) is 11.7. The van der Waals surface area contributed by atoms with Crippen molar-refractivity contribution in [2.75, 3.05) is 4.72 Å². The summed E-state index contributed by atoms with van der Waals surface area (Å²) in [5.74, 6) is -0.939. The molecule has 0 aliphatic rings. The molecular weight excluding hydrogens is 446 g/mol. The molecular formula is C25H20ClNO4S. The number of hydrogen-bond donors (Lipinski definition) is 2. The molecule has 0 saturated heterocycles. The summed E-state index contributed by atoms with van der Waals surface area (Å²) in [4.78, 5) is 11.6. The molecule has 0 heterocycles. The Balaban J connectivity index is 1.95. The van der Waals surface area contributed by atoms with E-state index in [0.717, 1.165) is 21.9 Å². The number of aliphatic carboxylic acids is 1. The summed E-state index contributed by atoms with van der Waals surface area (Å²) >= 11 is 6.28. The van der Waals surface area contributed by atoms with Gasteiger partial charge in [-0.2, -0.15) is 0 Å². The zero-order chi connectivity index (χ0) is 22.9. The lowest BCUT2D eigenvalue weighted by Gasteiger charge is -2.19. The topological polar surface area (TPSA) is 83.5 Å². The van der Waals surface area contributed by atoms with Gasteiger partial charge >= 0.3 is 5.97 Å². The van der Waals surface area contributed by atoms with Crippen molar-refractivity contribution in [1.82, 2.24) is 0 Å². The van der Waals surface area contributed by atoms with Gasteiger partial charge in [-0.25, -0.2) is 8.42 Å². The van der Waals surface area contributed by atoms with Crippen LogP contribution in [0.1, 0.15) is 11.1 Å². The molecule has 0 spiro atoms. The highest BCUT2D eigenvalue weighted by atomic mass is 35.5. The predicted molar refractivity (Wildman–Crippen MR) is 128 cm³/mol. The highest BCUT2D eigenvalue weighted by Gasteiger charge is 2.20. The van der Waals surface area contributed by atoms with Gasteiger partial charge in [0.1, 0.15) is 0 Å². The van der Waals surface area contributed by atoms with Crippen molar-refractivity contribution >= 4 is 44.1 Å². The first-order valence-electron chi connectivity index (χ1n) is 9.87. The first kappa shape index (κ1) is 21.9. The Morgan fingerprint density at radius 1 is 0.969 bits per heavy atom. The van der Waals surface area contributed by atoms with E-state index >= 15 is 0 Å². The molecule has 0 bridgehead atoms. The van der Waals surface area contributed by atoms with E-state index in [1.54, 1.807) is 36.4 Å². The molecule has 4 rings (SSSR count). The number of rotatable bonds is 6. The SMILES string of the molecule is Cc1c(CC(=O)O)cc2ccc(Cl)cc2c1-c1ccccc1NS(=O)(=O)c1ccccc1. The summed E-state index contributed by atoms with van der Waals surface area (Å²) in [5.41, 5.74) is 3.20. The number of nitrogens with one attached hydrogen (secondary N) is 1. The maximum absolute atomic E-state index is 13.0. The fourth-order valence-corrected chi connectivity index (χ4v) is 5.09. The number of para-hydroxylation sites is 1. The van der Waals surface area contributed by atoms with Crippen molar-refractivity contribution in [2.24, 2.45) is 0 Å². The Kier molecular flexibility index (Phi) is 5.91. The van der Waals surface area contributed by atoms with Crippen LogP contribution in [0.5, 0.6) is 0 Å². The molecule has 0 atom stereocenters. The molecule has 0 aliphatic carbocycles. The molecule has 32 heavy (non-hydrogen) atoms. The van der Waals surface area contributed by atoms with E-state index in [0.29, 0.717) is 21.8 Å². The number of fused-ring (bicyclic) bond motifs is 1. The van der Waals surface area contributed by atoms with Gasteiger partial charge in [0.2, 0.25) is 0 Å². The zero-order valence-corrected chi connectivity index (χ0v) is 18.7. The van der Waals surface area contributed by atoms with Crippen LogP contribution >= 0.6 is 11.6 Å². The lowest BCUT2D eigenvalue weighted by Crippen LogP contribution is -2.13. The Hall–Kier alpha value is -3.35. The predicted octanol–water partition coefficient (Wildman–Crippen LogP) is 5.90. The largest absolute Gasteiger partial charge is 0.481 e. The van der Waals surface area contributed by atoms with Crippen LogP contribution in [-0.4, -0.2) is 19.5 Å². The summed E-state index contributed by atoms with van der Waals surface area (Å²) in [6, 6.07) is 22.4. The third-order valence-corrected chi connectivity index (χ3v) is 6.92. The number of carboxylic acid groups (broad SMARTS) is 1. The molecule has 4 aromatic rings. The molecule has 0 amide bonds. The van der Waals surface area contributed by atoms with Crippen molar-refractivity contribution in [3.8, 4) is 11.1 Å². The van der Waals surface area contributed by atoms with Crippen LogP contribution < -0.4 is 4.72 Å². The van der Waals surface area contributed by atoms with Gasteiger partial charge in [-0.3, -0.25) is 9.52 Å². The second-order valence-corrected chi connectivity index (χ2v) is 9.55. The third kappa shape index (κ3) is 4.33. The minimum absolute atomic E-state index is 0.144. The highest BCUT2D eigenvalue weighted by Crippen LogP contribution is 2.39. The maximum atomic E-state index is 13.0. The van der Waals surface area contributed by atoms with Crippen LogP contribution in [0.25, 0.3) is 21.9 Å².